The van der Waals surface area contributed by atoms with E-state index in [-0.39, 0.29) is 10.5 Å². The summed E-state index contributed by atoms with van der Waals surface area (Å²) in [4.78, 5) is 25.8. The predicted molar refractivity (Wildman–Crippen MR) is 44.7 cm³/mol. The van der Waals surface area contributed by atoms with E-state index in [0.29, 0.717) is 5.84 Å². The van der Waals surface area contributed by atoms with Crippen LogP contribution in [0.3, 0.4) is 0 Å². The second-order valence-electron chi connectivity index (χ2n) is 1.84. The molecule has 6 heteroatoms. The smallest absolute Gasteiger partial charge is 0.265 e. The molecule has 0 fully saturated rings. The molecule has 54 valence electrons. The van der Waals surface area contributed by atoms with E-state index in [0.717, 1.165) is 0 Å². The topological polar surface area (TPSA) is 66.5 Å². The number of rotatable bonds is 0. The molecule has 0 unspecified atom stereocenters. The summed E-state index contributed by atoms with van der Waals surface area (Å²) in [5.41, 5.74) is 0.216. The normalized spacial score (nSPS) is 20.8. The van der Waals surface area contributed by atoms with Crippen LogP contribution in [-0.2, 0) is 4.79 Å². The minimum Gasteiger partial charge on any atom is -0.265 e. The highest BCUT2D eigenvalue weighted by Crippen LogP contribution is 2.07. The molecule has 0 aromatic carbocycles. The van der Waals surface area contributed by atoms with Crippen molar-refractivity contribution in [3.05, 3.63) is 0 Å². The fraction of sp³-hybridized carbons (Fsp3) is 0. The number of fused-ring (bicyclic) bond motifs is 1. The fourth-order valence-corrected chi connectivity index (χ4v) is 1.07. The quantitative estimate of drug-likeness (QED) is 0.528. The lowest BCUT2D eigenvalue weighted by molar-refractivity contribution is -0.111. The lowest BCUT2D eigenvalue weighted by atomic mass is 10.3. The molecule has 0 aromatic rings. The van der Waals surface area contributed by atoms with Crippen molar-refractivity contribution in [3.8, 4) is 0 Å². The number of aliphatic imine (C=N–C) groups is 4. The summed E-state index contributed by atoms with van der Waals surface area (Å²) >= 11 is 2.98. The van der Waals surface area contributed by atoms with Crippen LogP contribution in [0.5, 0.6) is 0 Å². The molecule has 5 nitrogen and oxygen atoms in total. The van der Waals surface area contributed by atoms with E-state index in [1.807, 2.05) is 0 Å². The Morgan fingerprint density at radius 1 is 1.36 bits per heavy atom. The van der Waals surface area contributed by atoms with Crippen molar-refractivity contribution in [3.63, 3.8) is 0 Å². The number of amidine groups is 2. The van der Waals surface area contributed by atoms with Crippen LogP contribution in [0.15, 0.2) is 20.0 Å². The molecule has 0 saturated heterocycles. The molecule has 0 aliphatic carbocycles. The molecule has 0 spiro atoms. The van der Waals surface area contributed by atoms with Crippen molar-refractivity contribution in [1.82, 2.24) is 0 Å². The van der Waals surface area contributed by atoms with E-state index in [9.17, 15) is 4.79 Å². The molecule has 1 amide bonds. The molecule has 0 atom stereocenters. The van der Waals surface area contributed by atoms with E-state index in [4.69, 9.17) is 0 Å². The average Bonchev–Trinajstić information content (AvgIpc) is 2.34. The zero-order valence-corrected chi connectivity index (χ0v) is 6.74. The van der Waals surface area contributed by atoms with Crippen LogP contribution in [0.4, 0.5) is 0 Å². The Labute approximate surface area is 69.8 Å². The predicted octanol–water partition coefficient (Wildman–Crippen LogP) is 0.159. The third kappa shape index (κ3) is 0.949. The molecular formula is C5HBrN4O. The number of amides is 1. The maximum Gasteiger partial charge on any atom is 0.302 e. The van der Waals surface area contributed by atoms with Crippen LogP contribution in [-0.4, -0.2) is 28.5 Å². The zero-order chi connectivity index (χ0) is 7.84. The van der Waals surface area contributed by atoms with Crippen LogP contribution in [0.25, 0.3) is 0 Å². The molecule has 0 aromatic heterocycles. The first-order chi connectivity index (χ1) is 5.27. The van der Waals surface area contributed by atoms with Gasteiger partial charge in [0.05, 0.1) is 0 Å². The van der Waals surface area contributed by atoms with Crippen molar-refractivity contribution in [2.75, 3.05) is 0 Å². The van der Waals surface area contributed by atoms with Gasteiger partial charge in [0.2, 0.25) is 4.74 Å². The van der Waals surface area contributed by atoms with Gasteiger partial charge in [0.15, 0.2) is 11.5 Å². The third-order valence-corrected chi connectivity index (χ3v) is 1.53. The summed E-state index contributed by atoms with van der Waals surface area (Å²) in [5.74, 6) is -0.0729. The minimum absolute atomic E-state index is 0.216. The SMILES string of the molecule is O=C1N=C(Br)N=C2N=CN=C12. The lowest BCUT2D eigenvalue weighted by Crippen LogP contribution is -2.23. The molecule has 2 heterocycles. The van der Waals surface area contributed by atoms with Crippen LogP contribution in [0.1, 0.15) is 0 Å². The summed E-state index contributed by atoms with van der Waals surface area (Å²) in [6, 6.07) is 0. The van der Waals surface area contributed by atoms with Gasteiger partial charge in [-0.3, -0.25) is 4.79 Å². The van der Waals surface area contributed by atoms with Crippen LogP contribution >= 0.6 is 15.9 Å². The average molecular weight is 213 g/mol. The van der Waals surface area contributed by atoms with Gasteiger partial charge in [0, 0.05) is 0 Å². The summed E-state index contributed by atoms with van der Waals surface area (Å²) in [6.45, 7) is 0. The highest BCUT2D eigenvalue weighted by molar-refractivity contribution is 9.18. The summed E-state index contributed by atoms with van der Waals surface area (Å²) in [7, 11) is 0. The Balaban J connectivity index is 2.54. The first-order valence-corrected chi connectivity index (χ1v) is 3.54. The van der Waals surface area contributed by atoms with Gasteiger partial charge in [-0.2, -0.15) is 9.98 Å². The number of carbonyl (C=O) groups excluding carboxylic acids is 1. The molecular weight excluding hydrogens is 212 g/mol. The summed E-state index contributed by atoms with van der Waals surface area (Å²) < 4.78 is 0.246. The first-order valence-electron chi connectivity index (χ1n) is 2.75. The van der Waals surface area contributed by atoms with Gasteiger partial charge < -0.3 is 0 Å². The maximum atomic E-state index is 11.0. The molecule has 0 N–H and O–H groups in total. The largest absolute Gasteiger partial charge is 0.302 e. The van der Waals surface area contributed by atoms with Gasteiger partial charge in [-0.1, -0.05) is 0 Å². The van der Waals surface area contributed by atoms with E-state index in [1.54, 1.807) is 0 Å². The highest BCUT2D eigenvalue weighted by atomic mass is 79.9. The van der Waals surface area contributed by atoms with Gasteiger partial charge in [-0.15, -0.1) is 0 Å². The molecule has 0 bridgehead atoms. The van der Waals surface area contributed by atoms with Gasteiger partial charge in [0.1, 0.15) is 6.34 Å². The van der Waals surface area contributed by atoms with Crippen molar-refractivity contribution >= 4 is 44.5 Å². The highest BCUT2D eigenvalue weighted by Gasteiger charge is 2.24. The Hall–Kier alpha value is -1.17. The van der Waals surface area contributed by atoms with Crippen LogP contribution in [0, 0.1) is 0 Å². The van der Waals surface area contributed by atoms with Crippen molar-refractivity contribution in [2.45, 2.75) is 0 Å². The van der Waals surface area contributed by atoms with E-state index in [1.165, 1.54) is 6.34 Å². The second kappa shape index (κ2) is 2.16. The molecule has 0 radical (unpaired) electrons. The number of carbonyl (C=O) groups is 1. The number of halogens is 1. The van der Waals surface area contributed by atoms with E-state index < -0.39 is 5.91 Å². The molecule has 11 heavy (non-hydrogen) atoms. The maximum absolute atomic E-state index is 11.0. The second-order valence-corrected chi connectivity index (χ2v) is 2.55. The zero-order valence-electron chi connectivity index (χ0n) is 5.15. The van der Waals surface area contributed by atoms with Crippen molar-refractivity contribution in [1.29, 1.82) is 0 Å². The van der Waals surface area contributed by atoms with Gasteiger partial charge in [-0.25, -0.2) is 9.98 Å². The standard InChI is InChI=1S/C5HBrN4O/c6-5-9-3-2(4(11)10-5)7-1-8-3/h1H. The van der Waals surface area contributed by atoms with Crippen LogP contribution < -0.4 is 0 Å². The fourth-order valence-electron chi connectivity index (χ4n) is 0.742. The Bertz CT molecular complexity index is 351. The Morgan fingerprint density at radius 2 is 2.18 bits per heavy atom. The van der Waals surface area contributed by atoms with Crippen molar-refractivity contribution < 1.29 is 4.79 Å². The minimum atomic E-state index is -0.403. The number of hydrogen-bond donors (Lipinski definition) is 0. The van der Waals surface area contributed by atoms with Gasteiger partial charge >= 0.3 is 5.91 Å². The summed E-state index contributed by atoms with van der Waals surface area (Å²) in [5, 5.41) is 0. The Kier molecular flexibility index (Phi) is 1.28. The molecule has 2 aliphatic rings. The van der Waals surface area contributed by atoms with Gasteiger partial charge in [0.25, 0.3) is 0 Å². The van der Waals surface area contributed by atoms with Gasteiger partial charge in [-0.05, 0) is 15.9 Å². The number of hydrogen-bond acceptors (Lipinski definition) is 4. The Morgan fingerprint density at radius 3 is 3.00 bits per heavy atom. The van der Waals surface area contributed by atoms with Crippen LogP contribution in [0.2, 0.25) is 0 Å². The third-order valence-electron chi connectivity index (χ3n) is 1.17. The summed E-state index contributed by atoms with van der Waals surface area (Å²) in [6.07, 6.45) is 1.28. The first kappa shape index (κ1) is 6.53. The monoisotopic (exact) mass is 212 g/mol. The van der Waals surface area contributed by atoms with E-state index >= 15 is 0 Å². The molecule has 2 rings (SSSR count). The number of nitrogens with zero attached hydrogens (tertiary/aromatic N) is 4. The molecule has 0 saturated carbocycles. The lowest BCUT2D eigenvalue weighted by Gasteiger charge is -2.00. The molecule has 2 aliphatic heterocycles. The van der Waals surface area contributed by atoms with Crippen molar-refractivity contribution in [2.24, 2.45) is 20.0 Å². The van der Waals surface area contributed by atoms with E-state index in [2.05, 4.69) is 35.9 Å².